The van der Waals surface area contributed by atoms with E-state index < -0.39 is 0 Å². The molecule has 2 aliphatic rings. The van der Waals surface area contributed by atoms with Crippen molar-refractivity contribution in [3.05, 3.63) is 29.8 Å². The number of nitrogens with two attached hydrogens (primary N) is 1. The van der Waals surface area contributed by atoms with Gasteiger partial charge in [0.1, 0.15) is 0 Å². The van der Waals surface area contributed by atoms with Crippen LogP contribution in [0.1, 0.15) is 30.7 Å². The summed E-state index contributed by atoms with van der Waals surface area (Å²) in [5.74, 6) is -0.551. The van der Waals surface area contributed by atoms with Gasteiger partial charge in [-0.15, -0.1) is 0 Å². The van der Waals surface area contributed by atoms with Crippen molar-refractivity contribution in [2.75, 3.05) is 44.2 Å². The van der Waals surface area contributed by atoms with Gasteiger partial charge in [-0.3, -0.25) is 19.8 Å². The molecule has 3 rings (SSSR count). The van der Waals surface area contributed by atoms with Crippen molar-refractivity contribution in [1.29, 1.82) is 0 Å². The zero-order valence-electron chi connectivity index (χ0n) is 14.0. The average Bonchev–Trinajstić information content (AvgIpc) is 2.60. The first kappa shape index (κ1) is 16.9. The normalized spacial score (nSPS) is 22.5. The number of amides is 2. The maximum absolute atomic E-state index is 12.1. The molecule has 0 saturated carbocycles. The molecule has 0 aliphatic carbocycles. The molecule has 1 aromatic carbocycles. The molecule has 2 aliphatic heterocycles. The number of nitrogens with zero attached hydrogens (tertiary/aromatic N) is 2. The van der Waals surface area contributed by atoms with E-state index in [4.69, 9.17) is 5.73 Å². The highest BCUT2D eigenvalue weighted by atomic mass is 16.2. The zero-order chi connectivity index (χ0) is 16.9. The smallest absolute Gasteiger partial charge is 0.234 e. The molecule has 6 nitrogen and oxygen atoms in total. The highest BCUT2D eigenvalue weighted by Gasteiger charge is 2.28. The maximum atomic E-state index is 12.1. The Morgan fingerprint density at radius 1 is 1.17 bits per heavy atom. The first-order valence-electron chi connectivity index (χ1n) is 8.78. The Balaban J connectivity index is 1.64. The maximum Gasteiger partial charge on any atom is 0.234 e. The lowest BCUT2D eigenvalue weighted by Gasteiger charge is -2.36. The number of benzene rings is 1. The van der Waals surface area contributed by atoms with Crippen LogP contribution in [-0.4, -0.2) is 56.0 Å². The zero-order valence-corrected chi connectivity index (χ0v) is 14.0. The number of carbonyl (C=O) groups is 2. The Morgan fingerprint density at radius 2 is 1.96 bits per heavy atom. The molecule has 0 spiro atoms. The molecule has 24 heavy (non-hydrogen) atoms. The molecule has 1 unspecified atom stereocenters. The summed E-state index contributed by atoms with van der Waals surface area (Å²) in [5, 5.41) is 2.44. The van der Waals surface area contributed by atoms with Crippen molar-refractivity contribution >= 4 is 17.5 Å². The molecule has 2 fully saturated rings. The van der Waals surface area contributed by atoms with Crippen LogP contribution in [0.15, 0.2) is 24.3 Å². The minimum atomic E-state index is -0.214. The summed E-state index contributed by atoms with van der Waals surface area (Å²) in [7, 11) is 0. The number of piperazine rings is 1. The van der Waals surface area contributed by atoms with E-state index in [0.29, 0.717) is 12.8 Å². The van der Waals surface area contributed by atoms with Crippen molar-refractivity contribution in [1.82, 2.24) is 10.2 Å². The van der Waals surface area contributed by atoms with Crippen molar-refractivity contribution in [2.45, 2.75) is 25.2 Å². The first-order valence-corrected chi connectivity index (χ1v) is 8.78. The number of piperidine rings is 1. The molecule has 0 radical (unpaired) electrons. The van der Waals surface area contributed by atoms with Gasteiger partial charge in [-0.1, -0.05) is 12.1 Å². The van der Waals surface area contributed by atoms with E-state index in [1.165, 1.54) is 0 Å². The van der Waals surface area contributed by atoms with Crippen LogP contribution in [-0.2, 0) is 9.59 Å². The standard InChI is InChI=1S/C18H26N4O2/c19-7-2-8-21-9-11-22(12-10-21)15-4-1-3-14(13-15)16-5-6-17(23)20-18(16)24/h1,3-4,13,16H,2,5-12,19H2,(H,20,23,24). The van der Waals surface area contributed by atoms with E-state index in [-0.39, 0.29) is 17.7 Å². The molecule has 2 amide bonds. The summed E-state index contributed by atoms with van der Waals surface area (Å²) in [6.07, 6.45) is 2.06. The summed E-state index contributed by atoms with van der Waals surface area (Å²) in [4.78, 5) is 28.2. The van der Waals surface area contributed by atoms with Crippen molar-refractivity contribution in [2.24, 2.45) is 5.73 Å². The molecular weight excluding hydrogens is 304 g/mol. The third-order valence-corrected chi connectivity index (χ3v) is 4.93. The van der Waals surface area contributed by atoms with E-state index in [1.807, 2.05) is 12.1 Å². The predicted octanol–water partition coefficient (Wildman–Crippen LogP) is 0.678. The second-order valence-corrected chi connectivity index (χ2v) is 6.57. The molecule has 6 heteroatoms. The minimum absolute atomic E-state index is 0.166. The van der Waals surface area contributed by atoms with Crippen LogP contribution in [0.3, 0.4) is 0 Å². The SMILES string of the molecule is NCCCN1CCN(c2cccc(C3CCC(=O)NC3=O)c2)CC1. The summed E-state index contributed by atoms with van der Waals surface area (Å²) in [6, 6.07) is 8.21. The fraction of sp³-hybridized carbons (Fsp3) is 0.556. The summed E-state index contributed by atoms with van der Waals surface area (Å²) < 4.78 is 0. The Labute approximate surface area is 143 Å². The fourth-order valence-electron chi connectivity index (χ4n) is 3.49. The quantitative estimate of drug-likeness (QED) is 0.776. The Morgan fingerprint density at radius 3 is 2.67 bits per heavy atom. The molecular formula is C18H26N4O2. The lowest BCUT2D eigenvalue weighted by Crippen LogP contribution is -2.47. The van der Waals surface area contributed by atoms with E-state index in [2.05, 4.69) is 27.2 Å². The van der Waals surface area contributed by atoms with Crippen LogP contribution in [0.25, 0.3) is 0 Å². The number of rotatable bonds is 5. The number of hydrogen-bond acceptors (Lipinski definition) is 5. The topological polar surface area (TPSA) is 78.7 Å². The van der Waals surface area contributed by atoms with Gasteiger partial charge in [0.15, 0.2) is 0 Å². The van der Waals surface area contributed by atoms with Gasteiger partial charge in [-0.25, -0.2) is 0 Å². The van der Waals surface area contributed by atoms with E-state index in [9.17, 15) is 9.59 Å². The Bertz CT molecular complexity index is 596. The lowest BCUT2D eigenvalue weighted by atomic mass is 9.90. The lowest BCUT2D eigenvalue weighted by molar-refractivity contribution is -0.134. The van der Waals surface area contributed by atoms with Crippen LogP contribution >= 0.6 is 0 Å². The van der Waals surface area contributed by atoms with Gasteiger partial charge in [0.25, 0.3) is 0 Å². The van der Waals surface area contributed by atoms with Crippen molar-refractivity contribution in [3.63, 3.8) is 0 Å². The van der Waals surface area contributed by atoms with Gasteiger partial charge in [-0.2, -0.15) is 0 Å². The van der Waals surface area contributed by atoms with Gasteiger partial charge in [0, 0.05) is 38.3 Å². The largest absolute Gasteiger partial charge is 0.369 e. The van der Waals surface area contributed by atoms with Crippen molar-refractivity contribution < 1.29 is 9.59 Å². The van der Waals surface area contributed by atoms with Gasteiger partial charge in [0.2, 0.25) is 11.8 Å². The highest BCUT2D eigenvalue weighted by molar-refractivity contribution is 6.01. The van der Waals surface area contributed by atoms with Crippen LogP contribution in [0, 0.1) is 0 Å². The number of hydrogen-bond donors (Lipinski definition) is 2. The van der Waals surface area contributed by atoms with Gasteiger partial charge < -0.3 is 10.6 Å². The predicted molar refractivity (Wildman–Crippen MR) is 93.9 cm³/mol. The second kappa shape index (κ2) is 7.77. The van der Waals surface area contributed by atoms with E-state index in [0.717, 1.165) is 56.9 Å². The third-order valence-electron chi connectivity index (χ3n) is 4.93. The van der Waals surface area contributed by atoms with Gasteiger partial charge >= 0.3 is 0 Å². The monoisotopic (exact) mass is 330 g/mol. The average molecular weight is 330 g/mol. The molecule has 0 aromatic heterocycles. The second-order valence-electron chi connectivity index (χ2n) is 6.57. The molecule has 0 bridgehead atoms. The number of carbonyl (C=O) groups excluding carboxylic acids is 2. The third kappa shape index (κ3) is 3.94. The number of anilines is 1. The molecule has 2 saturated heterocycles. The van der Waals surface area contributed by atoms with Crippen LogP contribution in [0.5, 0.6) is 0 Å². The molecule has 130 valence electrons. The molecule has 3 N–H and O–H groups in total. The summed E-state index contributed by atoms with van der Waals surface area (Å²) in [5.41, 5.74) is 7.75. The van der Waals surface area contributed by atoms with Crippen LogP contribution in [0.4, 0.5) is 5.69 Å². The molecule has 2 heterocycles. The summed E-state index contributed by atoms with van der Waals surface area (Å²) in [6.45, 7) is 5.88. The number of imide groups is 1. The minimum Gasteiger partial charge on any atom is -0.369 e. The van der Waals surface area contributed by atoms with Crippen LogP contribution < -0.4 is 16.0 Å². The molecule has 1 atom stereocenters. The van der Waals surface area contributed by atoms with E-state index >= 15 is 0 Å². The fourth-order valence-corrected chi connectivity index (χ4v) is 3.49. The first-order chi connectivity index (χ1) is 11.7. The summed E-state index contributed by atoms with van der Waals surface area (Å²) >= 11 is 0. The van der Waals surface area contributed by atoms with Crippen LogP contribution in [0.2, 0.25) is 0 Å². The van der Waals surface area contributed by atoms with Gasteiger partial charge in [-0.05, 0) is 43.6 Å². The van der Waals surface area contributed by atoms with Crippen molar-refractivity contribution in [3.8, 4) is 0 Å². The van der Waals surface area contributed by atoms with E-state index in [1.54, 1.807) is 0 Å². The number of nitrogens with one attached hydrogen (secondary N) is 1. The van der Waals surface area contributed by atoms with Gasteiger partial charge in [0.05, 0.1) is 5.92 Å². The Kier molecular flexibility index (Phi) is 5.48. The Hall–Kier alpha value is -1.92. The highest BCUT2D eigenvalue weighted by Crippen LogP contribution is 2.28. The molecule has 1 aromatic rings.